The summed E-state index contributed by atoms with van der Waals surface area (Å²) in [7, 11) is 0. The van der Waals surface area contributed by atoms with Crippen LogP contribution in [0, 0.1) is 0 Å². The topological polar surface area (TPSA) is 119 Å². The molecule has 5 atom stereocenters. The SMILES string of the molecule is CC(=O)NC1O[C@H](CO)[C@@H](O)[C@H](O)[C@@H]1O. The van der Waals surface area contributed by atoms with Gasteiger partial charge in [-0.15, -0.1) is 0 Å². The minimum Gasteiger partial charge on any atom is -0.394 e. The van der Waals surface area contributed by atoms with Crippen LogP contribution < -0.4 is 5.32 Å². The molecular weight excluding hydrogens is 206 g/mol. The third-order valence-corrected chi connectivity index (χ3v) is 2.24. The van der Waals surface area contributed by atoms with Gasteiger partial charge in [-0.05, 0) is 0 Å². The third-order valence-electron chi connectivity index (χ3n) is 2.24. The largest absolute Gasteiger partial charge is 0.394 e. The van der Waals surface area contributed by atoms with Crippen molar-refractivity contribution >= 4 is 5.91 Å². The minimum atomic E-state index is -1.47. The van der Waals surface area contributed by atoms with E-state index >= 15 is 0 Å². The van der Waals surface area contributed by atoms with Crippen LogP contribution in [0.4, 0.5) is 0 Å². The zero-order chi connectivity index (χ0) is 11.6. The summed E-state index contributed by atoms with van der Waals surface area (Å²) in [6.07, 6.45) is -6.42. The number of aliphatic hydroxyl groups is 4. The first kappa shape index (κ1) is 12.3. The lowest BCUT2D eigenvalue weighted by Crippen LogP contribution is -2.63. The number of nitrogens with one attached hydrogen (secondary N) is 1. The Morgan fingerprint density at radius 2 is 1.87 bits per heavy atom. The molecule has 0 radical (unpaired) electrons. The number of hydrogen-bond acceptors (Lipinski definition) is 6. The zero-order valence-corrected chi connectivity index (χ0v) is 8.20. The highest BCUT2D eigenvalue weighted by atomic mass is 16.6. The molecule has 1 rings (SSSR count). The number of aliphatic hydroxyl groups excluding tert-OH is 4. The van der Waals surface area contributed by atoms with Gasteiger partial charge < -0.3 is 30.5 Å². The number of hydrogen-bond donors (Lipinski definition) is 5. The number of rotatable bonds is 2. The van der Waals surface area contributed by atoms with Crippen LogP contribution in [-0.2, 0) is 9.53 Å². The van der Waals surface area contributed by atoms with E-state index in [2.05, 4.69) is 5.32 Å². The van der Waals surface area contributed by atoms with E-state index in [0.29, 0.717) is 0 Å². The molecular formula is C8H15NO6. The van der Waals surface area contributed by atoms with Crippen LogP contribution in [0.5, 0.6) is 0 Å². The van der Waals surface area contributed by atoms with Gasteiger partial charge in [0.25, 0.3) is 0 Å². The molecule has 88 valence electrons. The lowest BCUT2D eigenvalue weighted by atomic mass is 9.98. The molecule has 1 unspecified atom stereocenters. The van der Waals surface area contributed by atoms with Gasteiger partial charge in [-0.1, -0.05) is 0 Å². The van der Waals surface area contributed by atoms with Crippen molar-refractivity contribution in [3.8, 4) is 0 Å². The maximum atomic E-state index is 10.7. The predicted molar refractivity (Wildman–Crippen MR) is 47.6 cm³/mol. The van der Waals surface area contributed by atoms with Gasteiger partial charge in [-0.2, -0.15) is 0 Å². The maximum absolute atomic E-state index is 10.7. The second-order valence-corrected chi connectivity index (χ2v) is 3.45. The fourth-order valence-corrected chi connectivity index (χ4v) is 1.42. The first-order valence-corrected chi connectivity index (χ1v) is 4.55. The Labute approximate surface area is 86.3 Å². The molecule has 1 saturated heterocycles. The zero-order valence-electron chi connectivity index (χ0n) is 8.20. The first-order chi connectivity index (χ1) is 6.97. The van der Waals surface area contributed by atoms with E-state index in [0.717, 1.165) is 0 Å². The molecule has 1 aliphatic rings. The number of ether oxygens (including phenoxy) is 1. The molecule has 1 amide bonds. The van der Waals surface area contributed by atoms with Gasteiger partial charge >= 0.3 is 0 Å². The van der Waals surface area contributed by atoms with Gasteiger partial charge in [0.15, 0.2) is 6.23 Å². The molecule has 0 bridgehead atoms. The Balaban J connectivity index is 2.69. The van der Waals surface area contributed by atoms with Crippen LogP contribution in [-0.4, -0.2) is 63.6 Å². The van der Waals surface area contributed by atoms with Crippen molar-refractivity contribution in [3.63, 3.8) is 0 Å². The molecule has 0 aromatic heterocycles. The van der Waals surface area contributed by atoms with E-state index in [1.54, 1.807) is 0 Å². The molecule has 0 saturated carbocycles. The summed E-state index contributed by atoms with van der Waals surface area (Å²) >= 11 is 0. The molecule has 0 aliphatic carbocycles. The molecule has 1 fully saturated rings. The van der Waals surface area contributed by atoms with E-state index in [1.807, 2.05) is 0 Å². The van der Waals surface area contributed by atoms with Crippen LogP contribution in [0.3, 0.4) is 0 Å². The summed E-state index contributed by atoms with van der Waals surface area (Å²) in [5.41, 5.74) is 0. The summed E-state index contributed by atoms with van der Waals surface area (Å²) < 4.78 is 5.00. The highest BCUT2D eigenvalue weighted by Gasteiger charge is 2.43. The number of carbonyl (C=O) groups excluding carboxylic acids is 1. The molecule has 0 aromatic rings. The quantitative estimate of drug-likeness (QED) is 0.337. The minimum absolute atomic E-state index is 0.445. The van der Waals surface area contributed by atoms with Crippen LogP contribution in [0.1, 0.15) is 6.92 Å². The van der Waals surface area contributed by atoms with Crippen molar-refractivity contribution in [2.24, 2.45) is 0 Å². The van der Waals surface area contributed by atoms with E-state index in [4.69, 9.17) is 9.84 Å². The second-order valence-electron chi connectivity index (χ2n) is 3.45. The Morgan fingerprint density at radius 3 is 2.33 bits per heavy atom. The van der Waals surface area contributed by atoms with Gasteiger partial charge in [0.1, 0.15) is 24.4 Å². The third kappa shape index (κ3) is 2.64. The van der Waals surface area contributed by atoms with Crippen molar-refractivity contribution in [1.82, 2.24) is 5.32 Å². The first-order valence-electron chi connectivity index (χ1n) is 4.55. The Hall–Kier alpha value is -0.730. The lowest BCUT2D eigenvalue weighted by Gasteiger charge is -2.39. The Morgan fingerprint density at radius 1 is 1.27 bits per heavy atom. The lowest BCUT2D eigenvalue weighted by molar-refractivity contribution is -0.235. The fraction of sp³-hybridized carbons (Fsp3) is 0.875. The molecule has 7 heteroatoms. The van der Waals surface area contributed by atoms with Crippen molar-refractivity contribution in [2.75, 3.05) is 6.61 Å². The fourth-order valence-electron chi connectivity index (χ4n) is 1.42. The summed E-state index contributed by atoms with van der Waals surface area (Å²) in [5, 5.41) is 39.3. The smallest absolute Gasteiger partial charge is 0.218 e. The molecule has 7 nitrogen and oxygen atoms in total. The van der Waals surface area contributed by atoms with Crippen LogP contribution >= 0.6 is 0 Å². The van der Waals surface area contributed by atoms with Crippen molar-refractivity contribution in [2.45, 2.75) is 37.6 Å². The van der Waals surface area contributed by atoms with Crippen molar-refractivity contribution < 1.29 is 30.0 Å². The average Bonchev–Trinajstić information content (AvgIpc) is 2.18. The monoisotopic (exact) mass is 221 g/mol. The predicted octanol–water partition coefficient (Wildman–Crippen LogP) is -3.08. The van der Waals surface area contributed by atoms with Crippen molar-refractivity contribution in [3.05, 3.63) is 0 Å². The van der Waals surface area contributed by atoms with Gasteiger partial charge in [0, 0.05) is 6.92 Å². The molecule has 15 heavy (non-hydrogen) atoms. The molecule has 1 heterocycles. The van der Waals surface area contributed by atoms with E-state index in [9.17, 15) is 20.1 Å². The standard InChI is InChI=1S/C8H15NO6/c1-3(11)9-8-7(14)6(13)5(12)4(2-10)15-8/h4-8,10,12-14H,2H2,1H3,(H,9,11)/t4-,5-,6+,7+,8?/m1/s1. The molecule has 5 N–H and O–H groups in total. The normalized spacial score (nSPS) is 41.3. The summed E-state index contributed by atoms with van der Waals surface area (Å²) in [4.78, 5) is 10.7. The van der Waals surface area contributed by atoms with Crippen LogP contribution in [0.2, 0.25) is 0 Å². The van der Waals surface area contributed by atoms with E-state index in [1.165, 1.54) is 6.92 Å². The maximum Gasteiger partial charge on any atom is 0.218 e. The molecule has 0 aromatic carbocycles. The van der Waals surface area contributed by atoms with Crippen LogP contribution in [0.25, 0.3) is 0 Å². The average molecular weight is 221 g/mol. The van der Waals surface area contributed by atoms with Gasteiger partial charge in [-0.25, -0.2) is 0 Å². The molecule has 1 aliphatic heterocycles. The number of amides is 1. The second kappa shape index (κ2) is 4.86. The van der Waals surface area contributed by atoms with E-state index < -0.39 is 43.2 Å². The number of carbonyl (C=O) groups is 1. The Kier molecular flexibility index (Phi) is 4.00. The van der Waals surface area contributed by atoms with Gasteiger partial charge in [-0.3, -0.25) is 4.79 Å². The summed E-state index contributed by atoms with van der Waals surface area (Å²) in [6.45, 7) is 0.711. The van der Waals surface area contributed by atoms with Crippen molar-refractivity contribution in [1.29, 1.82) is 0 Å². The summed E-state index contributed by atoms with van der Waals surface area (Å²) in [5.74, 6) is -0.445. The van der Waals surface area contributed by atoms with Gasteiger partial charge in [0.2, 0.25) is 5.91 Å². The molecule has 0 spiro atoms. The Bertz CT molecular complexity index is 233. The van der Waals surface area contributed by atoms with E-state index in [-0.39, 0.29) is 0 Å². The highest BCUT2D eigenvalue weighted by Crippen LogP contribution is 2.19. The van der Waals surface area contributed by atoms with Crippen LogP contribution in [0.15, 0.2) is 0 Å². The van der Waals surface area contributed by atoms with Gasteiger partial charge in [0.05, 0.1) is 6.61 Å². The summed E-state index contributed by atoms with van der Waals surface area (Å²) in [6, 6.07) is 0. The highest BCUT2D eigenvalue weighted by molar-refractivity contribution is 5.73.